The van der Waals surface area contributed by atoms with E-state index in [0.717, 1.165) is 26.5 Å². The van der Waals surface area contributed by atoms with Crippen LogP contribution in [0.2, 0.25) is 0 Å². The van der Waals surface area contributed by atoms with E-state index >= 15 is 0 Å². The van der Waals surface area contributed by atoms with E-state index in [1.165, 1.54) is 0 Å². The number of rotatable bonds is 3. The predicted octanol–water partition coefficient (Wildman–Crippen LogP) is 5.54. The van der Waals surface area contributed by atoms with Gasteiger partial charge in [0.15, 0.2) is 0 Å². The second kappa shape index (κ2) is 6.80. The summed E-state index contributed by atoms with van der Waals surface area (Å²) in [6, 6.07) is 13.4. The Morgan fingerprint density at radius 1 is 1.15 bits per heavy atom. The number of nitrogens with zero attached hydrogens (tertiary/aromatic N) is 1. The molecule has 3 rings (SSSR count). The molecule has 0 saturated carbocycles. The smallest absolute Gasteiger partial charge is 0.313 e. The summed E-state index contributed by atoms with van der Waals surface area (Å²) in [5, 5.41) is 12.3. The highest BCUT2D eigenvalue weighted by Gasteiger charge is 2.23. The molecule has 0 fully saturated rings. The number of halogens is 1. The average molecular weight is 416 g/mol. The molecule has 0 bridgehead atoms. The number of aromatic hydroxyl groups is 1. The maximum atomic E-state index is 12.2. The molecule has 3 aromatic rings. The van der Waals surface area contributed by atoms with Crippen LogP contribution in [0.4, 0.5) is 0 Å². The van der Waals surface area contributed by atoms with Crippen LogP contribution in [0.25, 0.3) is 16.5 Å². The van der Waals surface area contributed by atoms with Crippen LogP contribution >= 0.6 is 15.9 Å². The van der Waals surface area contributed by atoms with E-state index in [0.29, 0.717) is 0 Å². The molecule has 136 valence electrons. The van der Waals surface area contributed by atoms with Crippen molar-refractivity contribution in [3.63, 3.8) is 0 Å². The summed E-state index contributed by atoms with van der Waals surface area (Å²) >= 11 is 3.43. The second-order valence-electron chi connectivity index (χ2n) is 7.40. The van der Waals surface area contributed by atoms with Crippen LogP contribution in [0.15, 0.2) is 53.1 Å². The van der Waals surface area contributed by atoms with E-state index in [1.54, 1.807) is 4.57 Å². The molecule has 1 atom stereocenters. The summed E-state index contributed by atoms with van der Waals surface area (Å²) in [5.41, 5.74) is 1.20. The Morgan fingerprint density at radius 2 is 1.81 bits per heavy atom. The van der Waals surface area contributed by atoms with Gasteiger partial charge in [-0.15, -0.1) is 0 Å². The van der Waals surface area contributed by atoms with Gasteiger partial charge in [0.2, 0.25) is 5.88 Å². The van der Waals surface area contributed by atoms with Crippen LogP contribution in [0.1, 0.15) is 39.2 Å². The Kier molecular flexibility index (Phi) is 4.84. The minimum absolute atomic E-state index is 0.189. The first-order valence-corrected chi connectivity index (χ1v) is 9.28. The molecule has 4 nitrogen and oxygen atoms in total. The van der Waals surface area contributed by atoms with Crippen molar-refractivity contribution < 1.29 is 14.6 Å². The van der Waals surface area contributed by atoms with E-state index in [-0.39, 0.29) is 17.8 Å². The van der Waals surface area contributed by atoms with Crippen molar-refractivity contribution in [2.75, 3.05) is 0 Å². The van der Waals surface area contributed by atoms with Gasteiger partial charge < -0.3 is 9.84 Å². The van der Waals surface area contributed by atoms with Gasteiger partial charge in [-0.2, -0.15) is 0 Å². The van der Waals surface area contributed by atoms with Crippen molar-refractivity contribution in [2.45, 2.75) is 39.2 Å². The molecule has 1 aromatic heterocycles. The van der Waals surface area contributed by atoms with Crippen molar-refractivity contribution in [1.29, 1.82) is 0 Å². The van der Waals surface area contributed by atoms with Crippen molar-refractivity contribution in [3.8, 4) is 11.6 Å². The zero-order valence-corrected chi connectivity index (χ0v) is 16.9. The molecule has 1 heterocycles. The number of hydrogen-bond donors (Lipinski definition) is 1. The molecule has 0 amide bonds. The number of ether oxygens (including phenoxy) is 1. The first-order valence-electron chi connectivity index (χ1n) is 8.48. The van der Waals surface area contributed by atoms with Crippen molar-refractivity contribution in [2.24, 2.45) is 0 Å². The van der Waals surface area contributed by atoms with Crippen molar-refractivity contribution in [3.05, 3.63) is 58.7 Å². The maximum absolute atomic E-state index is 12.2. The van der Waals surface area contributed by atoms with Crippen molar-refractivity contribution >= 4 is 32.7 Å². The van der Waals surface area contributed by atoms with Gasteiger partial charge >= 0.3 is 5.97 Å². The number of carbonyl (C=O) groups is 1. The third-order valence-electron chi connectivity index (χ3n) is 4.18. The highest BCUT2D eigenvalue weighted by atomic mass is 79.9. The largest absolute Gasteiger partial charge is 0.494 e. The molecule has 0 aliphatic heterocycles. The number of carbonyl (C=O) groups excluding carboxylic acids is 1. The molecular weight excluding hydrogens is 394 g/mol. The number of aromatic nitrogens is 1. The van der Waals surface area contributed by atoms with E-state index in [1.807, 2.05) is 76.4 Å². The second-order valence-corrected chi connectivity index (χ2v) is 8.32. The predicted molar refractivity (Wildman–Crippen MR) is 107 cm³/mol. The van der Waals surface area contributed by atoms with Crippen LogP contribution in [0, 0.1) is 0 Å². The lowest BCUT2D eigenvalue weighted by Crippen LogP contribution is -2.26. The normalized spacial score (nSPS) is 13.0. The molecule has 0 aliphatic carbocycles. The zero-order valence-electron chi connectivity index (χ0n) is 15.3. The number of hydrogen-bond acceptors (Lipinski definition) is 3. The van der Waals surface area contributed by atoms with Gasteiger partial charge in [-0.1, -0.05) is 34.1 Å². The first-order chi connectivity index (χ1) is 12.2. The Hall–Kier alpha value is -2.27. The fraction of sp³-hybridized carbons (Fsp3) is 0.286. The van der Waals surface area contributed by atoms with Gasteiger partial charge in [0.1, 0.15) is 5.60 Å². The van der Waals surface area contributed by atoms with Crippen LogP contribution < -0.4 is 0 Å². The fourth-order valence-electron chi connectivity index (χ4n) is 2.81. The highest BCUT2D eigenvalue weighted by molar-refractivity contribution is 9.10. The van der Waals surface area contributed by atoms with Crippen LogP contribution in [0.5, 0.6) is 5.88 Å². The number of benzene rings is 2. The molecule has 2 aromatic carbocycles. The van der Waals surface area contributed by atoms with Gasteiger partial charge in [-0.05, 0) is 57.5 Å². The van der Waals surface area contributed by atoms with Gasteiger partial charge in [0.05, 0.1) is 5.92 Å². The molecule has 26 heavy (non-hydrogen) atoms. The fourth-order valence-corrected chi connectivity index (χ4v) is 3.17. The van der Waals surface area contributed by atoms with Gasteiger partial charge in [0, 0.05) is 27.1 Å². The summed E-state index contributed by atoms with van der Waals surface area (Å²) in [4.78, 5) is 12.2. The van der Waals surface area contributed by atoms with Crippen LogP contribution in [-0.2, 0) is 9.53 Å². The van der Waals surface area contributed by atoms with Gasteiger partial charge in [-0.25, -0.2) is 0 Å². The summed E-state index contributed by atoms with van der Waals surface area (Å²) in [5.74, 6) is -0.407. The molecule has 0 saturated heterocycles. The maximum Gasteiger partial charge on any atom is 0.313 e. The van der Waals surface area contributed by atoms with Crippen molar-refractivity contribution in [1.82, 2.24) is 4.57 Å². The third-order valence-corrected chi connectivity index (χ3v) is 4.68. The summed E-state index contributed by atoms with van der Waals surface area (Å²) in [6.07, 6.45) is 1.89. The standard InChI is InChI=1S/C21H22BrNO3/c1-13(20(25)26-21(2,3)4)14-6-9-17(10-7-14)23-12-15-5-8-16(22)11-18(15)19(23)24/h5-13,24H,1-4H3. The molecule has 1 unspecified atom stereocenters. The molecule has 1 N–H and O–H groups in total. The highest BCUT2D eigenvalue weighted by Crippen LogP contribution is 2.32. The minimum atomic E-state index is -0.503. The Bertz CT molecular complexity index is 952. The minimum Gasteiger partial charge on any atom is -0.494 e. The lowest BCUT2D eigenvalue weighted by atomic mass is 10.0. The molecule has 0 radical (unpaired) electrons. The summed E-state index contributed by atoms with van der Waals surface area (Å²) in [7, 11) is 0. The SMILES string of the molecule is CC(C(=O)OC(C)(C)C)c1ccc(-n2cc3ccc(Br)cc3c2O)cc1. The zero-order chi connectivity index (χ0) is 19.1. The summed E-state index contributed by atoms with van der Waals surface area (Å²) in [6.45, 7) is 7.41. The Labute approximate surface area is 161 Å². The topological polar surface area (TPSA) is 51.5 Å². The lowest BCUT2D eigenvalue weighted by molar-refractivity contribution is -0.156. The van der Waals surface area contributed by atoms with E-state index in [4.69, 9.17) is 4.74 Å². The molecular formula is C21H22BrNO3. The van der Waals surface area contributed by atoms with Gasteiger partial charge in [-0.3, -0.25) is 9.36 Å². The monoisotopic (exact) mass is 415 g/mol. The molecule has 5 heteroatoms. The number of fused-ring (bicyclic) bond motifs is 1. The molecule has 0 aliphatic rings. The lowest BCUT2D eigenvalue weighted by Gasteiger charge is -2.22. The first kappa shape index (κ1) is 18.5. The average Bonchev–Trinajstić information content (AvgIpc) is 2.89. The third kappa shape index (κ3) is 3.78. The van der Waals surface area contributed by atoms with Crippen LogP contribution in [0.3, 0.4) is 0 Å². The van der Waals surface area contributed by atoms with E-state index < -0.39 is 5.60 Å². The van der Waals surface area contributed by atoms with Gasteiger partial charge in [0.25, 0.3) is 0 Å². The quantitative estimate of drug-likeness (QED) is 0.570. The Balaban J connectivity index is 1.88. The summed E-state index contributed by atoms with van der Waals surface area (Å²) < 4.78 is 8.10. The molecule has 0 spiro atoms. The van der Waals surface area contributed by atoms with Crippen LogP contribution in [-0.4, -0.2) is 21.2 Å². The van der Waals surface area contributed by atoms with E-state index in [2.05, 4.69) is 15.9 Å². The number of esters is 1. The van der Waals surface area contributed by atoms with E-state index in [9.17, 15) is 9.90 Å². The Morgan fingerprint density at radius 3 is 2.42 bits per heavy atom.